The second kappa shape index (κ2) is 9.11. The number of rotatable bonds is 7. The van der Waals surface area contributed by atoms with Crippen LogP contribution in [0.2, 0.25) is 0 Å². The Balaban J connectivity index is 1.56. The van der Waals surface area contributed by atoms with Crippen LogP contribution in [0.5, 0.6) is 0 Å². The third kappa shape index (κ3) is 4.60. The standard InChI is InChI=1S/C23H21N3OS2/c1-25(16-20-13-8-14-28-20)22(27)17-29-23-24-15-21(18-9-4-2-5-10-18)26(23)19-11-6-3-7-12-19/h2-15H,16-17H2,1H3. The average molecular weight is 420 g/mol. The maximum atomic E-state index is 12.6. The summed E-state index contributed by atoms with van der Waals surface area (Å²) in [7, 11) is 1.85. The Morgan fingerprint density at radius 2 is 1.76 bits per heavy atom. The van der Waals surface area contributed by atoms with Crippen molar-refractivity contribution in [2.75, 3.05) is 12.8 Å². The fourth-order valence-corrected chi connectivity index (χ4v) is 4.73. The maximum Gasteiger partial charge on any atom is 0.233 e. The van der Waals surface area contributed by atoms with Gasteiger partial charge in [-0.15, -0.1) is 11.3 Å². The van der Waals surface area contributed by atoms with Crippen molar-refractivity contribution in [2.24, 2.45) is 0 Å². The van der Waals surface area contributed by atoms with E-state index in [9.17, 15) is 4.79 Å². The number of benzene rings is 2. The first-order valence-electron chi connectivity index (χ1n) is 9.30. The van der Waals surface area contributed by atoms with E-state index in [4.69, 9.17) is 0 Å². The Kier molecular flexibility index (Phi) is 6.12. The fraction of sp³-hybridized carbons (Fsp3) is 0.130. The van der Waals surface area contributed by atoms with E-state index in [-0.39, 0.29) is 5.91 Å². The Morgan fingerprint density at radius 3 is 2.45 bits per heavy atom. The van der Waals surface area contributed by atoms with E-state index in [2.05, 4.69) is 39.9 Å². The lowest BCUT2D eigenvalue weighted by molar-refractivity contribution is -0.127. The SMILES string of the molecule is CN(Cc1cccs1)C(=O)CSc1ncc(-c2ccccc2)n1-c1ccccc1. The van der Waals surface area contributed by atoms with Gasteiger partial charge in [0.2, 0.25) is 5.91 Å². The van der Waals surface area contributed by atoms with Gasteiger partial charge in [-0.05, 0) is 23.6 Å². The molecule has 0 aliphatic heterocycles. The normalized spacial score (nSPS) is 10.8. The summed E-state index contributed by atoms with van der Waals surface area (Å²) in [5.41, 5.74) is 3.14. The summed E-state index contributed by atoms with van der Waals surface area (Å²) in [5.74, 6) is 0.437. The summed E-state index contributed by atoms with van der Waals surface area (Å²) < 4.78 is 2.12. The minimum atomic E-state index is 0.0901. The smallest absolute Gasteiger partial charge is 0.233 e. The van der Waals surface area contributed by atoms with Gasteiger partial charge in [-0.25, -0.2) is 4.98 Å². The molecule has 2 aromatic carbocycles. The monoisotopic (exact) mass is 419 g/mol. The molecule has 0 N–H and O–H groups in total. The topological polar surface area (TPSA) is 38.1 Å². The van der Waals surface area contributed by atoms with Gasteiger partial charge in [-0.3, -0.25) is 9.36 Å². The van der Waals surface area contributed by atoms with E-state index < -0.39 is 0 Å². The predicted octanol–water partition coefficient (Wildman–Crippen LogP) is 5.35. The van der Waals surface area contributed by atoms with Gasteiger partial charge in [0, 0.05) is 23.2 Å². The lowest BCUT2D eigenvalue weighted by Crippen LogP contribution is -2.27. The zero-order chi connectivity index (χ0) is 20.1. The molecule has 29 heavy (non-hydrogen) atoms. The highest BCUT2D eigenvalue weighted by atomic mass is 32.2. The van der Waals surface area contributed by atoms with Crippen molar-refractivity contribution in [1.82, 2.24) is 14.5 Å². The van der Waals surface area contributed by atoms with E-state index in [0.717, 1.165) is 22.1 Å². The highest BCUT2D eigenvalue weighted by molar-refractivity contribution is 7.99. The van der Waals surface area contributed by atoms with Crippen LogP contribution in [0.25, 0.3) is 16.9 Å². The number of aromatic nitrogens is 2. The van der Waals surface area contributed by atoms with Gasteiger partial charge in [0.05, 0.1) is 24.2 Å². The molecule has 0 aliphatic rings. The van der Waals surface area contributed by atoms with E-state index in [0.29, 0.717) is 12.3 Å². The second-order valence-corrected chi connectivity index (χ2v) is 8.56. The molecule has 2 aromatic heterocycles. The lowest BCUT2D eigenvalue weighted by Gasteiger charge is -2.16. The summed E-state index contributed by atoms with van der Waals surface area (Å²) >= 11 is 3.14. The quantitative estimate of drug-likeness (QED) is 0.379. The summed E-state index contributed by atoms with van der Waals surface area (Å²) in [4.78, 5) is 20.2. The van der Waals surface area contributed by atoms with Crippen molar-refractivity contribution >= 4 is 29.0 Å². The van der Waals surface area contributed by atoms with Gasteiger partial charge in [-0.1, -0.05) is 66.4 Å². The van der Waals surface area contributed by atoms with Crippen molar-refractivity contribution in [3.8, 4) is 16.9 Å². The summed E-state index contributed by atoms with van der Waals surface area (Å²) in [6.45, 7) is 0.638. The highest BCUT2D eigenvalue weighted by Crippen LogP contribution is 2.30. The molecule has 0 unspecified atom stereocenters. The minimum absolute atomic E-state index is 0.0901. The summed E-state index contributed by atoms with van der Waals surface area (Å²) in [5, 5.41) is 2.84. The van der Waals surface area contributed by atoms with Crippen LogP contribution < -0.4 is 0 Å². The van der Waals surface area contributed by atoms with Crippen LogP contribution in [0, 0.1) is 0 Å². The molecule has 146 valence electrons. The Hall–Kier alpha value is -2.83. The summed E-state index contributed by atoms with van der Waals surface area (Å²) in [6.07, 6.45) is 1.88. The molecule has 0 bridgehead atoms. The average Bonchev–Trinajstić information content (AvgIpc) is 3.43. The third-order valence-electron chi connectivity index (χ3n) is 4.54. The zero-order valence-electron chi connectivity index (χ0n) is 16.1. The first-order valence-corrected chi connectivity index (χ1v) is 11.2. The van der Waals surface area contributed by atoms with E-state index in [1.54, 1.807) is 16.2 Å². The van der Waals surface area contributed by atoms with Gasteiger partial charge in [0.25, 0.3) is 0 Å². The lowest BCUT2D eigenvalue weighted by atomic mass is 10.1. The van der Waals surface area contributed by atoms with Crippen molar-refractivity contribution < 1.29 is 4.79 Å². The largest absolute Gasteiger partial charge is 0.340 e. The fourth-order valence-electron chi connectivity index (χ4n) is 3.04. The molecule has 4 aromatic rings. The molecule has 0 saturated heterocycles. The number of carbonyl (C=O) groups excluding carboxylic acids is 1. The van der Waals surface area contributed by atoms with Crippen molar-refractivity contribution in [2.45, 2.75) is 11.7 Å². The third-order valence-corrected chi connectivity index (χ3v) is 6.34. The van der Waals surface area contributed by atoms with Gasteiger partial charge in [0.15, 0.2) is 5.16 Å². The molecule has 0 atom stereocenters. The maximum absolute atomic E-state index is 12.6. The van der Waals surface area contributed by atoms with Gasteiger partial charge < -0.3 is 4.90 Å². The molecule has 1 amide bonds. The molecule has 0 saturated carbocycles. The van der Waals surface area contributed by atoms with Crippen LogP contribution in [0.3, 0.4) is 0 Å². The van der Waals surface area contributed by atoms with Gasteiger partial charge >= 0.3 is 0 Å². The predicted molar refractivity (Wildman–Crippen MR) is 121 cm³/mol. The van der Waals surface area contributed by atoms with Crippen LogP contribution in [0.1, 0.15) is 4.88 Å². The van der Waals surface area contributed by atoms with E-state index >= 15 is 0 Å². The number of thioether (sulfide) groups is 1. The van der Waals surface area contributed by atoms with Crippen LogP contribution in [0.15, 0.2) is 89.5 Å². The first-order chi connectivity index (χ1) is 14.2. The number of thiophene rings is 1. The molecule has 0 aliphatic carbocycles. The van der Waals surface area contributed by atoms with Crippen molar-refractivity contribution in [1.29, 1.82) is 0 Å². The van der Waals surface area contributed by atoms with Crippen LogP contribution >= 0.6 is 23.1 Å². The van der Waals surface area contributed by atoms with Gasteiger partial charge in [0.1, 0.15) is 0 Å². The Labute approximate surface area is 178 Å². The minimum Gasteiger partial charge on any atom is -0.340 e. The number of carbonyl (C=O) groups is 1. The number of para-hydroxylation sites is 1. The molecular weight excluding hydrogens is 398 g/mol. The molecule has 0 fully saturated rings. The number of amides is 1. The molecular formula is C23H21N3OS2. The number of hydrogen-bond acceptors (Lipinski definition) is 4. The molecule has 2 heterocycles. The molecule has 6 heteroatoms. The Bertz CT molecular complexity index is 1060. The van der Waals surface area contributed by atoms with Crippen molar-refractivity contribution in [3.63, 3.8) is 0 Å². The number of hydrogen-bond donors (Lipinski definition) is 0. The Morgan fingerprint density at radius 1 is 1.03 bits per heavy atom. The van der Waals surface area contributed by atoms with E-state index in [1.807, 2.05) is 61.1 Å². The van der Waals surface area contributed by atoms with Crippen LogP contribution in [-0.2, 0) is 11.3 Å². The van der Waals surface area contributed by atoms with Gasteiger partial charge in [-0.2, -0.15) is 0 Å². The molecule has 4 nitrogen and oxygen atoms in total. The summed E-state index contributed by atoms with van der Waals surface area (Å²) in [6, 6.07) is 24.4. The molecule has 4 rings (SSSR count). The zero-order valence-corrected chi connectivity index (χ0v) is 17.7. The van der Waals surface area contributed by atoms with Crippen molar-refractivity contribution in [3.05, 3.63) is 89.3 Å². The highest BCUT2D eigenvalue weighted by Gasteiger charge is 2.17. The number of nitrogens with zero attached hydrogens (tertiary/aromatic N) is 3. The molecule has 0 radical (unpaired) electrons. The van der Waals surface area contributed by atoms with Crippen LogP contribution in [0.4, 0.5) is 0 Å². The van der Waals surface area contributed by atoms with E-state index in [1.165, 1.54) is 16.6 Å². The number of imidazole rings is 1. The second-order valence-electron chi connectivity index (χ2n) is 6.58. The van der Waals surface area contributed by atoms with Crippen LogP contribution in [-0.4, -0.2) is 33.2 Å². The first kappa shape index (κ1) is 19.5. The molecule has 0 spiro atoms.